The molecule has 7 nitrogen and oxygen atoms in total. The van der Waals surface area contributed by atoms with Crippen LogP contribution < -0.4 is 10.1 Å². The zero-order chi connectivity index (χ0) is 21.3. The molecule has 1 saturated heterocycles. The molecule has 0 radical (unpaired) electrons. The largest absolute Gasteiger partial charge is 0.481 e. The lowest BCUT2D eigenvalue weighted by molar-refractivity contribution is -0.137. The average Bonchev–Trinajstić information content (AvgIpc) is 3.27. The van der Waals surface area contributed by atoms with Crippen molar-refractivity contribution in [3.8, 4) is 5.75 Å². The normalized spacial score (nSPS) is 15.4. The number of amides is 2. The number of thiophene rings is 1. The number of carbonyl (C=O) groups is 3. The summed E-state index contributed by atoms with van der Waals surface area (Å²) in [6.07, 6.45) is 1.32. The standard InChI is InChI=1S/C22H26N2O5S/c25-20(13-17(14-21(26)27)19-7-4-12-30-19)23-15-16-8-10-24(11-9-16)22(28)29-18-5-2-1-3-6-18/h1-7,12,16-17H,8-11,13-15H2,(H,23,25)(H,26,27)/t17-/m1/s1. The molecule has 2 heterocycles. The summed E-state index contributed by atoms with van der Waals surface area (Å²) in [7, 11) is 0. The molecule has 0 unspecified atom stereocenters. The monoisotopic (exact) mass is 430 g/mol. The lowest BCUT2D eigenvalue weighted by atomic mass is 9.96. The molecule has 0 aliphatic carbocycles. The minimum absolute atomic E-state index is 0.0597. The number of likely N-dealkylation sites (tertiary alicyclic amines) is 1. The molecule has 2 N–H and O–H groups in total. The third kappa shape index (κ3) is 6.59. The van der Waals surface area contributed by atoms with Gasteiger partial charge in [-0.1, -0.05) is 24.3 Å². The number of carboxylic acid groups (broad SMARTS) is 1. The number of hydrogen-bond acceptors (Lipinski definition) is 5. The third-order valence-corrected chi connectivity index (χ3v) is 6.24. The van der Waals surface area contributed by atoms with E-state index in [1.807, 2.05) is 35.7 Å². The Labute approximate surface area is 179 Å². The van der Waals surface area contributed by atoms with Crippen molar-refractivity contribution in [3.63, 3.8) is 0 Å². The molecular weight excluding hydrogens is 404 g/mol. The van der Waals surface area contributed by atoms with E-state index >= 15 is 0 Å². The first kappa shape index (κ1) is 21.8. The second-order valence-electron chi connectivity index (χ2n) is 7.43. The van der Waals surface area contributed by atoms with Gasteiger partial charge in [-0.3, -0.25) is 9.59 Å². The summed E-state index contributed by atoms with van der Waals surface area (Å²) in [5.41, 5.74) is 0. The lowest BCUT2D eigenvalue weighted by Gasteiger charge is -2.31. The van der Waals surface area contributed by atoms with E-state index in [0.29, 0.717) is 25.4 Å². The predicted octanol–water partition coefficient (Wildman–Crippen LogP) is 3.72. The van der Waals surface area contributed by atoms with E-state index in [0.717, 1.165) is 17.7 Å². The number of hydrogen-bond donors (Lipinski definition) is 2. The third-order valence-electron chi connectivity index (χ3n) is 5.21. The van der Waals surface area contributed by atoms with Crippen LogP contribution in [0.2, 0.25) is 0 Å². The van der Waals surface area contributed by atoms with Crippen molar-refractivity contribution in [2.45, 2.75) is 31.6 Å². The number of nitrogens with one attached hydrogen (secondary N) is 1. The quantitative estimate of drug-likeness (QED) is 0.665. The van der Waals surface area contributed by atoms with E-state index in [4.69, 9.17) is 9.84 Å². The van der Waals surface area contributed by atoms with Gasteiger partial charge in [-0.2, -0.15) is 0 Å². The average molecular weight is 431 g/mol. The van der Waals surface area contributed by atoms with Gasteiger partial charge >= 0.3 is 12.1 Å². The minimum atomic E-state index is -0.907. The Hall–Kier alpha value is -2.87. The number of carbonyl (C=O) groups excluding carboxylic acids is 2. The number of ether oxygens (including phenoxy) is 1. The van der Waals surface area contributed by atoms with Crippen molar-refractivity contribution >= 4 is 29.3 Å². The first-order chi connectivity index (χ1) is 14.5. The topological polar surface area (TPSA) is 95.9 Å². The van der Waals surface area contributed by atoms with Gasteiger partial charge in [0.1, 0.15) is 5.75 Å². The SMILES string of the molecule is O=C(O)C[C@@H](CC(=O)NCC1CCN(C(=O)Oc2ccccc2)CC1)c1cccs1. The van der Waals surface area contributed by atoms with Crippen molar-refractivity contribution in [1.82, 2.24) is 10.2 Å². The molecule has 30 heavy (non-hydrogen) atoms. The maximum Gasteiger partial charge on any atom is 0.415 e. The van der Waals surface area contributed by atoms with Crippen LogP contribution in [-0.4, -0.2) is 47.6 Å². The van der Waals surface area contributed by atoms with E-state index in [1.165, 1.54) is 11.3 Å². The van der Waals surface area contributed by atoms with Gasteiger partial charge in [0.15, 0.2) is 0 Å². The fourth-order valence-electron chi connectivity index (χ4n) is 3.54. The van der Waals surface area contributed by atoms with Gasteiger partial charge in [-0.05, 0) is 42.3 Å². The highest BCUT2D eigenvalue weighted by Gasteiger charge is 2.25. The number of benzene rings is 1. The lowest BCUT2D eigenvalue weighted by Crippen LogP contribution is -2.42. The van der Waals surface area contributed by atoms with Crippen molar-refractivity contribution < 1.29 is 24.2 Å². The highest BCUT2D eigenvalue weighted by Crippen LogP contribution is 2.27. The Kier molecular flexibility index (Phi) is 7.84. The Balaban J connectivity index is 1.40. The maximum absolute atomic E-state index is 12.4. The molecule has 1 aliphatic rings. The fourth-order valence-corrected chi connectivity index (χ4v) is 4.37. The summed E-state index contributed by atoms with van der Waals surface area (Å²) in [6, 6.07) is 12.7. The first-order valence-corrected chi connectivity index (χ1v) is 10.9. The highest BCUT2D eigenvalue weighted by atomic mass is 32.1. The van der Waals surface area contributed by atoms with Gasteiger partial charge in [0.25, 0.3) is 0 Å². The van der Waals surface area contributed by atoms with Crippen LogP contribution in [0.3, 0.4) is 0 Å². The zero-order valence-electron chi connectivity index (χ0n) is 16.7. The number of aliphatic carboxylic acids is 1. The van der Waals surface area contributed by atoms with E-state index in [-0.39, 0.29) is 36.7 Å². The van der Waals surface area contributed by atoms with Crippen LogP contribution in [0.5, 0.6) is 5.75 Å². The van der Waals surface area contributed by atoms with Crippen LogP contribution >= 0.6 is 11.3 Å². The van der Waals surface area contributed by atoms with Crippen LogP contribution in [0.4, 0.5) is 4.79 Å². The molecule has 8 heteroatoms. The van der Waals surface area contributed by atoms with Crippen LogP contribution in [-0.2, 0) is 9.59 Å². The second-order valence-corrected chi connectivity index (χ2v) is 8.41. The van der Waals surface area contributed by atoms with Crippen molar-refractivity contribution in [3.05, 3.63) is 52.7 Å². The molecule has 0 saturated carbocycles. The summed E-state index contributed by atoms with van der Waals surface area (Å²) in [4.78, 5) is 38.3. The molecular formula is C22H26N2O5S. The van der Waals surface area contributed by atoms with Crippen molar-refractivity contribution in [2.75, 3.05) is 19.6 Å². The molecule has 2 amide bonds. The highest BCUT2D eigenvalue weighted by molar-refractivity contribution is 7.10. The van der Waals surface area contributed by atoms with Gasteiger partial charge in [0.2, 0.25) is 5.91 Å². The van der Waals surface area contributed by atoms with Crippen LogP contribution in [0.25, 0.3) is 0 Å². The number of piperidine rings is 1. The van der Waals surface area contributed by atoms with Crippen molar-refractivity contribution in [2.24, 2.45) is 5.92 Å². The summed E-state index contributed by atoms with van der Waals surface area (Å²) < 4.78 is 5.37. The molecule has 1 aromatic carbocycles. The van der Waals surface area contributed by atoms with Crippen LogP contribution in [0, 0.1) is 5.92 Å². The van der Waals surface area contributed by atoms with Crippen LogP contribution in [0.1, 0.15) is 36.5 Å². The van der Waals surface area contributed by atoms with Gasteiger partial charge in [0, 0.05) is 36.9 Å². The van der Waals surface area contributed by atoms with Gasteiger partial charge < -0.3 is 20.1 Å². The molecule has 2 aromatic rings. The van der Waals surface area contributed by atoms with E-state index in [1.54, 1.807) is 17.0 Å². The Morgan fingerprint density at radius 3 is 2.47 bits per heavy atom. The summed E-state index contributed by atoms with van der Waals surface area (Å²) >= 11 is 1.47. The van der Waals surface area contributed by atoms with E-state index in [2.05, 4.69) is 5.32 Å². The predicted molar refractivity (Wildman–Crippen MR) is 114 cm³/mol. The minimum Gasteiger partial charge on any atom is -0.481 e. The number of carboxylic acids is 1. The molecule has 1 atom stereocenters. The molecule has 3 rings (SSSR count). The van der Waals surface area contributed by atoms with Crippen LogP contribution in [0.15, 0.2) is 47.8 Å². The fraction of sp³-hybridized carbons (Fsp3) is 0.409. The smallest absolute Gasteiger partial charge is 0.415 e. The Morgan fingerprint density at radius 1 is 1.10 bits per heavy atom. The van der Waals surface area contributed by atoms with Gasteiger partial charge in [-0.15, -0.1) is 11.3 Å². The number of para-hydroxylation sites is 1. The van der Waals surface area contributed by atoms with Crippen molar-refractivity contribution in [1.29, 1.82) is 0 Å². The maximum atomic E-state index is 12.4. The molecule has 1 fully saturated rings. The summed E-state index contributed by atoms with van der Waals surface area (Å²) in [6.45, 7) is 1.71. The second kappa shape index (κ2) is 10.8. The summed E-state index contributed by atoms with van der Waals surface area (Å²) in [5, 5.41) is 14.0. The Bertz CT molecular complexity index is 832. The van der Waals surface area contributed by atoms with Gasteiger partial charge in [-0.25, -0.2) is 4.79 Å². The van der Waals surface area contributed by atoms with Gasteiger partial charge in [0.05, 0.1) is 6.42 Å². The molecule has 1 aliphatic heterocycles. The first-order valence-electron chi connectivity index (χ1n) is 10.0. The summed E-state index contributed by atoms with van der Waals surface area (Å²) in [5.74, 6) is -0.540. The zero-order valence-corrected chi connectivity index (χ0v) is 17.5. The molecule has 1 aromatic heterocycles. The number of nitrogens with zero attached hydrogens (tertiary/aromatic N) is 1. The van der Waals surface area contributed by atoms with E-state index < -0.39 is 5.97 Å². The Morgan fingerprint density at radius 2 is 1.83 bits per heavy atom. The molecule has 160 valence electrons. The number of rotatable bonds is 8. The molecule has 0 bridgehead atoms. The molecule has 0 spiro atoms. The van der Waals surface area contributed by atoms with E-state index in [9.17, 15) is 14.4 Å².